The third kappa shape index (κ3) is 3.58. The lowest BCUT2D eigenvalue weighted by Crippen LogP contribution is -2.22. The number of aryl methyl sites for hydroxylation is 1. The lowest BCUT2D eigenvalue weighted by molar-refractivity contribution is 0.102. The predicted octanol–water partition coefficient (Wildman–Crippen LogP) is 3.71. The van der Waals surface area contributed by atoms with Crippen molar-refractivity contribution < 1.29 is 9.21 Å². The van der Waals surface area contributed by atoms with Crippen LogP contribution in [0.1, 0.15) is 23.0 Å². The largest absolute Gasteiger partial charge is 0.442 e. The fourth-order valence-electron chi connectivity index (χ4n) is 2.46. The highest BCUT2D eigenvalue weighted by Crippen LogP contribution is 2.21. The summed E-state index contributed by atoms with van der Waals surface area (Å²) in [7, 11) is 0. The number of ketones is 1. The van der Waals surface area contributed by atoms with Crippen LogP contribution in [0.4, 0.5) is 0 Å². The Bertz CT molecular complexity index is 973. The van der Waals surface area contributed by atoms with Gasteiger partial charge in [0.2, 0.25) is 5.71 Å². The number of aromatic nitrogens is 2. The maximum atomic E-state index is 12.7. The Labute approximate surface area is 149 Å². The molecule has 0 radical (unpaired) electrons. The highest BCUT2D eigenvalue weighted by molar-refractivity contribution is 7.99. The molecular weight excluding hydrogens is 336 g/mol. The van der Waals surface area contributed by atoms with E-state index in [1.165, 1.54) is 16.3 Å². The van der Waals surface area contributed by atoms with Gasteiger partial charge in [-0.1, -0.05) is 55.1 Å². The first kappa shape index (κ1) is 17.2. The zero-order valence-corrected chi connectivity index (χ0v) is 14.7. The highest BCUT2D eigenvalue weighted by atomic mass is 32.2. The van der Waals surface area contributed by atoms with Crippen molar-refractivity contribution in [2.75, 3.05) is 5.75 Å². The monoisotopic (exact) mass is 354 g/mol. The summed E-state index contributed by atoms with van der Waals surface area (Å²) in [6.45, 7) is 5.98. The molecular formula is C19H18N2O3S. The Kier molecular flexibility index (Phi) is 5.19. The summed E-state index contributed by atoms with van der Waals surface area (Å²) in [6, 6.07) is 10.8. The third-order valence-electron chi connectivity index (χ3n) is 3.76. The minimum absolute atomic E-state index is 0.0150. The van der Waals surface area contributed by atoms with E-state index >= 15 is 0 Å². The normalized spacial score (nSPS) is 10.9. The van der Waals surface area contributed by atoms with E-state index in [1.54, 1.807) is 24.3 Å². The van der Waals surface area contributed by atoms with E-state index in [0.717, 1.165) is 0 Å². The highest BCUT2D eigenvalue weighted by Gasteiger charge is 2.16. The fourth-order valence-corrected chi connectivity index (χ4v) is 3.35. The lowest BCUT2D eigenvalue weighted by Gasteiger charge is -2.09. The van der Waals surface area contributed by atoms with Gasteiger partial charge in [0.15, 0.2) is 10.9 Å². The smallest absolute Gasteiger partial charge is 0.265 e. The standard InChI is InChI=1S/C19H18N2O3S/c1-3-10-21-18(23)15-11-14(4-2)24-17(15)20-19(21)25-12-16(22)13-8-6-5-7-9-13/h3,5-9,11H,1,4,10,12H2,2H3. The van der Waals surface area contributed by atoms with Gasteiger partial charge in [0.1, 0.15) is 11.1 Å². The van der Waals surface area contributed by atoms with Gasteiger partial charge in [0.25, 0.3) is 5.56 Å². The van der Waals surface area contributed by atoms with Crippen molar-refractivity contribution in [3.8, 4) is 0 Å². The number of hydrogen-bond donors (Lipinski definition) is 0. The Morgan fingerprint density at radius 1 is 1.36 bits per heavy atom. The first-order valence-corrected chi connectivity index (χ1v) is 8.97. The zero-order valence-electron chi connectivity index (χ0n) is 13.9. The molecule has 6 heteroatoms. The first-order chi connectivity index (χ1) is 12.1. The Morgan fingerprint density at radius 3 is 2.80 bits per heavy atom. The predicted molar refractivity (Wildman–Crippen MR) is 99.3 cm³/mol. The topological polar surface area (TPSA) is 65.1 Å². The SMILES string of the molecule is C=CCn1c(SCC(=O)c2ccccc2)nc2oc(CC)cc2c1=O. The molecule has 0 fully saturated rings. The molecule has 0 N–H and O–H groups in total. The number of carbonyl (C=O) groups is 1. The number of furan rings is 1. The molecule has 0 spiro atoms. The molecule has 0 amide bonds. The van der Waals surface area contributed by atoms with E-state index in [1.807, 2.05) is 25.1 Å². The summed E-state index contributed by atoms with van der Waals surface area (Å²) in [4.78, 5) is 29.5. The molecule has 5 nitrogen and oxygen atoms in total. The van der Waals surface area contributed by atoms with Crippen molar-refractivity contribution in [2.45, 2.75) is 25.0 Å². The Hall–Kier alpha value is -2.60. The number of benzene rings is 1. The number of nitrogens with zero attached hydrogens (tertiary/aromatic N) is 2. The van der Waals surface area contributed by atoms with Gasteiger partial charge in [0.05, 0.1) is 5.75 Å². The van der Waals surface area contributed by atoms with Gasteiger partial charge in [-0.3, -0.25) is 14.2 Å². The number of Topliss-reactive ketones (excluding diaryl/α,β-unsaturated/α-hetero) is 1. The average Bonchev–Trinajstić information content (AvgIpc) is 3.06. The molecule has 3 aromatic rings. The molecule has 0 unspecified atom stereocenters. The minimum Gasteiger partial charge on any atom is -0.442 e. The van der Waals surface area contributed by atoms with Gasteiger partial charge in [-0.25, -0.2) is 0 Å². The molecule has 0 aliphatic carbocycles. The minimum atomic E-state index is -0.178. The van der Waals surface area contributed by atoms with Crippen molar-refractivity contribution in [1.29, 1.82) is 0 Å². The van der Waals surface area contributed by atoms with Crippen molar-refractivity contribution in [1.82, 2.24) is 9.55 Å². The van der Waals surface area contributed by atoms with Gasteiger partial charge in [-0.15, -0.1) is 6.58 Å². The van der Waals surface area contributed by atoms with Crippen LogP contribution in [0.25, 0.3) is 11.1 Å². The summed E-state index contributed by atoms with van der Waals surface area (Å²) < 4.78 is 7.14. The van der Waals surface area contributed by atoms with Crippen LogP contribution in [0.5, 0.6) is 0 Å². The number of carbonyl (C=O) groups excluding carboxylic acids is 1. The van der Waals surface area contributed by atoms with E-state index in [9.17, 15) is 9.59 Å². The molecule has 128 valence electrons. The van der Waals surface area contributed by atoms with Crippen molar-refractivity contribution in [3.05, 3.63) is 70.7 Å². The summed E-state index contributed by atoms with van der Waals surface area (Å²) >= 11 is 1.23. The zero-order chi connectivity index (χ0) is 17.8. The Balaban J connectivity index is 1.94. The fraction of sp³-hybridized carbons (Fsp3) is 0.211. The van der Waals surface area contributed by atoms with Gasteiger partial charge in [-0.2, -0.15) is 4.98 Å². The van der Waals surface area contributed by atoms with E-state index < -0.39 is 0 Å². The van der Waals surface area contributed by atoms with Crippen LogP contribution in [0.15, 0.2) is 63.4 Å². The van der Waals surface area contributed by atoms with Crippen molar-refractivity contribution in [2.24, 2.45) is 0 Å². The van der Waals surface area contributed by atoms with E-state index in [-0.39, 0.29) is 17.1 Å². The van der Waals surface area contributed by atoms with Crippen molar-refractivity contribution in [3.63, 3.8) is 0 Å². The molecule has 0 aliphatic heterocycles. The lowest BCUT2D eigenvalue weighted by atomic mass is 10.2. The molecule has 0 aliphatic rings. The Morgan fingerprint density at radius 2 is 2.12 bits per heavy atom. The number of hydrogen-bond acceptors (Lipinski definition) is 5. The number of thioether (sulfide) groups is 1. The van der Waals surface area contributed by atoms with E-state index in [4.69, 9.17) is 4.42 Å². The third-order valence-corrected chi connectivity index (χ3v) is 4.73. The second-order valence-corrected chi connectivity index (χ2v) is 6.40. The van der Waals surface area contributed by atoms with Crippen LogP contribution in [-0.2, 0) is 13.0 Å². The molecule has 0 atom stereocenters. The number of allylic oxidation sites excluding steroid dienone is 1. The summed E-state index contributed by atoms with van der Waals surface area (Å²) in [5.74, 6) is 0.895. The maximum Gasteiger partial charge on any atom is 0.265 e. The first-order valence-electron chi connectivity index (χ1n) is 7.99. The molecule has 2 heterocycles. The summed E-state index contributed by atoms with van der Waals surface area (Å²) in [5.41, 5.74) is 0.778. The van der Waals surface area contributed by atoms with Crippen molar-refractivity contribution >= 4 is 28.6 Å². The molecule has 0 saturated heterocycles. The second kappa shape index (κ2) is 7.53. The van der Waals surface area contributed by atoms with Gasteiger partial charge in [-0.05, 0) is 6.07 Å². The molecule has 1 aromatic carbocycles. The summed E-state index contributed by atoms with van der Waals surface area (Å²) in [5, 5.41) is 0.913. The quantitative estimate of drug-likeness (QED) is 0.280. The van der Waals surface area contributed by atoms with Gasteiger partial charge >= 0.3 is 0 Å². The maximum absolute atomic E-state index is 12.7. The van der Waals surface area contributed by atoms with E-state index in [0.29, 0.717) is 40.5 Å². The van der Waals surface area contributed by atoms with E-state index in [2.05, 4.69) is 11.6 Å². The van der Waals surface area contributed by atoms with Crippen LogP contribution in [0.3, 0.4) is 0 Å². The molecule has 0 bridgehead atoms. The molecule has 3 rings (SSSR count). The van der Waals surface area contributed by atoms with Crippen LogP contribution in [0, 0.1) is 0 Å². The van der Waals surface area contributed by atoms with Gasteiger partial charge < -0.3 is 4.42 Å². The van der Waals surface area contributed by atoms with Crippen LogP contribution in [-0.4, -0.2) is 21.1 Å². The van der Waals surface area contributed by atoms with Gasteiger partial charge in [0, 0.05) is 18.5 Å². The molecule has 2 aromatic heterocycles. The van der Waals surface area contributed by atoms with Crippen LogP contribution < -0.4 is 5.56 Å². The molecule has 25 heavy (non-hydrogen) atoms. The average molecular weight is 354 g/mol. The summed E-state index contributed by atoms with van der Waals surface area (Å²) in [6.07, 6.45) is 2.32. The second-order valence-electron chi connectivity index (χ2n) is 5.46. The number of fused-ring (bicyclic) bond motifs is 1. The number of rotatable bonds is 7. The van der Waals surface area contributed by atoms with Crippen LogP contribution in [0.2, 0.25) is 0 Å². The molecule has 0 saturated carbocycles. The van der Waals surface area contributed by atoms with Crippen LogP contribution >= 0.6 is 11.8 Å².